The Kier molecular flexibility index (Phi) is 5.99. The Bertz CT molecular complexity index is 429. The quantitative estimate of drug-likeness (QED) is 0.630. The van der Waals surface area contributed by atoms with E-state index in [4.69, 9.17) is 15.2 Å². The van der Waals surface area contributed by atoms with E-state index in [1.165, 1.54) is 0 Å². The summed E-state index contributed by atoms with van der Waals surface area (Å²) in [5.41, 5.74) is 6.93. The third-order valence-corrected chi connectivity index (χ3v) is 2.99. The standard InChI is InChI=1S/C14H23N3O2/c1-5-17(6-2)14(15)16-10-11-7-8-12(18-3)9-13(11)19-4/h7-9H,5-6,10H2,1-4H3,(H2,15,16). The van der Waals surface area contributed by atoms with Gasteiger partial charge in [-0.3, -0.25) is 0 Å². The Labute approximate surface area is 115 Å². The second-order valence-electron chi connectivity index (χ2n) is 4.02. The molecule has 0 radical (unpaired) electrons. The van der Waals surface area contributed by atoms with Crippen molar-refractivity contribution in [3.8, 4) is 11.5 Å². The molecule has 0 spiro atoms. The van der Waals surface area contributed by atoms with Crippen LogP contribution in [0.15, 0.2) is 23.2 Å². The summed E-state index contributed by atoms with van der Waals surface area (Å²) in [5.74, 6) is 2.08. The second kappa shape index (κ2) is 7.51. The van der Waals surface area contributed by atoms with E-state index in [-0.39, 0.29) is 0 Å². The highest BCUT2D eigenvalue weighted by Gasteiger charge is 2.06. The molecular formula is C14H23N3O2. The minimum Gasteiger partial charge on any atom is -0.497 e. The molecule has 2 N–H and O–H groups in total. The van der Waals surface area contributed by atoms with Crippen molar-refractivity contribution in [2.75, 3.05) is 27.3 Å². The van der Waals surface area contributed by atoms with Crippen molar-refractivity contribution in [3.05, 3.63) is 23.8 Å². The monoisotopic (exact) mass is 265 g/mol. The van der Waals surface area contributed by atoms with Crippen LogP contribution in [0.5, 0.6) is 11.5 Å². The first-order valence-electron chi connectivity index (χ1n) is 6.42. The zero-order valence-corrected chi connectivity index (χ0v) is 12.1. The molecule has 1 aromatic carbocycles. The van der Waals surface area contributed by atoms with Gasteiger partial charge in [0.05, 0.1) is 20.8 Å². The SMILES string of the molecule is CCN(CC)C(N)=NCc1ccc(OC)cc1OC. The predicted molar refractivity (Wildman–Crippen MR) is 77.8 cm³/mol. The highest BCUT2D eigenvalue weighted by molar-refractivity contribution is 5.78. The molecule has 106 valence electrons. The third kappa shape index (κ3) is 4.05. The smallest absolute Gasteiger partial charge is 0.191 e. The Hall–Kier alpha value is -1.91. The van der Waals surface area contributed by atoms with Gasteiger partial charge in [-0.05, 0) is 26.0 Å². The Balaban J connectivity index is 2.84. The van der Waals surface area contributed by atoms with Crippen LogP contribution < -0.4 is 15.2 Å². The molecule has 5 nitrogen and oxygen atoms in total. The van der Waals surface area contributed by atoms with E-state index in [9.17, 15) is 0 Å². The molecule has 0 saturated heterocycles. The molecule has 0 amide bonds. The van der Waals surface area contributed by atoms with Crippen LogP contribution in [0.25, 0.3) is 0 Å². The summed E-state index contributed by atoms with van der Waals surface area (Å²) in [7, 11) is 3.26. The zero-order chi connectivity index (χ0) is 14.3. The van der Waals surface area contributed by atoms with E-state index >= 15 is 0 Å². The minimum absolute atomic E-state index is 0.496. The molecular weight excluding hydrogens is 242 g/mol. The van der Waals surface area contributed by atoms with Crippen molar-refractivity contribution in [2.45, 2.75) is 20.4 Å². The summed E-state index contributed by atoms with van der Waals surface area (Å²) < 4.78 is 10.5. The highest BCUT2D eigenvalue weighted by atomic mass is 16.5. The molecule has 0 unspecified atom stereocenters. The summed E-state index contributed by atoms with van der Waals surface area (Å²) in [4.78, 5) is 6.41. The minimum atomic E-state index is 0.496. The average molecular weight is 265 g/mol. The molecule has 1 aromatic rings. The molecule has 1 rings (SSSR count). The van der Waals surface area contributed by atoms with Gasteiger partial charge in [-0.25, -0.2) is 4.99 Å². The lowest BCUT2D eigenvalue weighted by Crippen LogP contribution is -2.37. The Morgan fingerprint density at radius 3 is 2.42 bits per heavy atom. The van der Waals surface area contributed by atoms with Crippen molar-refractivity contribution < 1.29 is 9.47 Å². The van der Waals surface area contributed by atoms with Gasteiger partial charge in [0.15, 0.2) is 5.96 Å². The van der Waals surface area contributed by atoms with Crippen molar-refractivity contribution in [1.29, 1.82) is 0 Å². The van der Waals surface area contributed by atoms with Crippen molar-refractivity contribution >= 4 is 5.96 Å². The van der Waals surface area contributed by atoms with Crippen LogP contribution in [-0.2, 0) is 6.54 Å². The number of aliphatic imine (C=N–C) groups is 1. The van der Waals surface area contributed by atoms with Crippen LogP contribution in [0.4, 0.5) is 0 Å². The number of ether oxygens (including phenoxy) is 2. The molecule has 0 aromatic heterocycles. The van der Waals surface area contributed by atoms with Crippen LogP contribution in [0.3, 0.4) is 0 Å². The highest BCUT2D eigenvalue weighted by Crippen LogP contribution is 2.25. The number of nitrogens with zero attached hydrogens (tertiary/aromatic N) is 2. The average Bonchev–Trinajstić information content (AvgIpc) is 2.46. The molecule has 0 aliphatic rings. The Morgan fingerprint density at radius 2 is 1.89 bits per heavy atom. The predicted octanol–water partition coefficient (Wildman–Crippen LogP) is 1.86. The van der Waals surface area contributed by atoms with Crippen LogP contribution in [0, 0.1) is 0 Å². The van der Waals surface area contributed by atoms with Gasteiger partial charge < -0.3 is 20.1 Å². The number of hydrogen-bond donors (Lipinski definition) is 1. The lowest BCUT2D eigenvalue weighted by Gasteiger charge is -2.19. The fourth-order valence-electron chi connectivity index (χ4n) is 1.80. The topological polar surface area (TPSA) is 60.1 Å². The summed E-state index contributed by atoms with van der Waals surface area (Å²) in [6.07, 6.45) is 0. The maximum Gasteiger partial charge on any atom is 0.191 e. The first-order valence-corrected chi connectivity index (χ1v) is 6.42. The van der Waals surface area contributed by atoms with Crippen LogP contribution >= 0.6 is 0 Å². The van der Waals surface area contributed by atoms with Gasteiger partial charge >= 0.3 is 0 Å². The molecule has 0 fully saturated rings. The summed E-state index contributed by atoms with van der Waals surface area (Å²) >= 11 is 0. The number of hydrogen-bond acceptors (Lipinski definition) is 3. The molecule has 0 heterocycles. The Morgan fingerprint density at radius 1 is 1.21 bits per heavy atom. The van der Waals surface area contributed by atoms with Gasteiger partial charge in [-0.2, -0.15) is 0 Å². The van der Waals surface area contributed by atoms with Gasteiger partial charge in [0.25, 0.3) is 0 Å². The summed E-state index contributed by atoms with van der Waals surface area (Å²) in [6.45, 7) is 6.31. The van der Waals surface area contributed by atoms with Gasteiger partial charge in [-0.1, -0.05) is 0 Å². The number of rotatable bonds is 6. The van der Waals surface area contributed by atoms with E-state index in [0.29, 0.717) is 12.5 Å². The summed E-state index contributed by atoms with van der Waals surface area (Å²) in [6, 6.07) is 5.68. The fraction of sp³-hybridized carbons (Fsp3) is 0.500. The maximum atomic E-state index is 5.94. The number of guanidine groups is 1. The van der Waals surface area contributed by atoms with Crippen molar-refractivity contribution in [2.24, 2.45) is 10.7 Å². The molecule has 0 bridgehead atoms. The van der Waals surface area contributed by atoms with Crippen molar-refractivity contribution in [1.82, 2.24) is 4.90 Å². The van der Waals surface area contributed by atoms with Crippen LogP contribution in [0.2, 0.25) is 0 Å². The van der Waals surface area contributed by atoms with E-state index in [0.717, 1.165) is 30.2 Å². The van der Waals surface area contributed by atoms with E-state index in [1.54, 1.807) is 14.2 Å². The van der Waals surface area contributed by atoms with Gasteiger partial charge in [0, 0.05) is 24.7 Å². The van der Waals surface area contributed by atoms with Gasteiger partial charge in [-0.15, -0.1) is 0 Å². The van der Waals surface area contributed by atoms with Gasteiger partial charge in [0.2, 0.25) is 0 Å². The van der Waals surface area contributed by atoms with E-state index < -0.39 is 0 Å². The molecule has 0 aliphatic heterocycles. The molecule has 5 heteroatoms. The lowest BCUT2D eigenvalue weighted by atomic mass is 10.2. The molecule has 19 heavy (non-hydrogen) atoms. The number of methoxy groups -OCH3 is 2. The second-order valence-corrected chi connectivity index (χ2v) is 4.02. The van der Waals surface area contributed by atoms with E-state index in [2.05, 4.69) is 18.8 Å². The normalized spacial score (nSPS) is 11.3. The van der Waals surface area contributed by atoms with Crippen LogP contribution in [0.1, 0.15) is 19.4 Å². The fourth-order valence-corrected chi connectivity index (χ4v) is 1.80. The molecule has 0 aliphatic carbocycles. The maximum absolute atomic E-state index is 5.94. The van der Waals surface area contributed by atoms with Gasteiger partial charge in [0.1, 0.15) is 11.5 Å². The number of benzene rings is 1. The first kappa shape index (κ1) is 15.1. The van der Waals surface area contributed by atoms with E-state index in [1.807, 2.05) is 23.1 Å². The van der Waals surface area contributed by atoms with Crippen LogP contribution in [-0.4, -0.2) is 38.2 Å². The third-order valence-electron chi connectivity index (χ3n) is 2.99. The van der Waals surface area contributed by atoms with Crippen molar-refractivity contribution in [3.63, 3.8) is 0 Å². The first-order chi connectivity index (χ1) is 9.15. The zero-order valence-electron chi connectivity index (χ0n) is 12.1. The number of nitrogens with two attached hydrogens (primary N) is 1. The largest absolute Gasteiger partial charge is 0.497 e. The molecule has 0 atom stereocenters. The summed E-state index contributed by atoms with van der Waals surface area (Å²) in [5, 5.41) is 0. The lowest BCUT2D eigenvalue weighted by molar-refractivity contribution is 0.391. The molecule has 0 saturated carbocycles.